The molecule has 1 saturated heterocycles. The molecule has 1 heterocycles. The van der Waals surface area contributed by atoms with Gasteiger partial charge in [0.05, 0.1) is 0 Å². The third kappa shape index (κ3) is 7.34. The maximum absolute atomic E-state index is 13.2. The monoisotopic (exact) mass is 450 g/mol. The maximum Gasteiger partial charge on any atom is 0.317 e. The summed E-state index contributed by atoms with van der Waals surface area (Å²) in [6.45, 7) is 7.31. The first-order valence-corrected chi connectivity index (χ1v) is 11.5. The van der Waals surface area contributed by atoms with E-state index in [1.807, 2.05) is 57.2 Å². The number of amides is 4. The van der Waals surface area contributed by atoms with Gasteiger partial charge in [-0.3, -0.25) is 9.59 Å². The van der Waals surface area contributed by atoms with Crippen molar-refractivity contribution in [3.8, 4) is 0 Å². The number of carbonyl (C=O) groups excluding carboxylic acids is 3. The van der Waals surface area contributed by atoms with Crippen molar-refractivity contribution in [2.45, 2.75) is 51.7 Å². The SMILES string of the molecule is CC(C)(C)NC(=O)N1CCC(C(NC(=O)c2ccccc2)C(=O)NCc2ccccc2)CC1. The summed E-state index contributed by atoms with van der Waals surface area (Å²) in [4.78, 5) is 40.3. The van der Waals surface area contributed by atoms with Crippen molar-refractivity contribution < 1.29 is 14.4 Å². The Hall–Kier alpha value is -3.35. The highest BCUT2D eigenvalue weighted by Gasteiger charge is 2.34. The number of carbonyl (C=O) groups is 3. The van der Waals surface area contributed by atoms with Crippen molar-refractivity contribution >= 4 is 17.8 Å². The number of hydrogen-bond acceptors (Lipinski definition) is 3. The van der Waals surface area contributed by atoms with Gasteiger partial charge in [0.25, 0.3) is 5.91 Å². The zero-order valence-corrected chi connectivity index (χ0v) is 19.6. The van der Waals surface area contributed by atoms with Crippen LogP contribution in [0.1, 0.15) is 49.5 Å². The van der Waals surface area contributed by atoms with E-state index in [2.05, 4.69) is 16.0 Å². The Morgan fingerprint density at radius 2 is 1.52 bits per heavy atom. The number of hydrogen-bond donors (Lipinski definition) is 3. The van der Waals surface area contributed by atoms with E-state index in [0.717, 1.165) is 5.56 Å². The predicted octanol–water partition coefficient (Wildman–Crippen LogP) is 3.32. The number of nitrogens with zero attached hydrogens (tertiary/aromatic N) is 1. The molecule has 0 spiro atoms. The number of piperidine rings is 1. The Morgan fingerprint density at radius 3 is 2.09 bits per heavy atom. The molecule has 3 N–H and O–H groups in total. The summed E-state index contributed by atoms with van der Waals surface area (Å²) < 4.78 is 0. The van der Waals surface area contributed by atoms with Crippen LogP contribution < -0.4 is 16.0 Å². The number of likely N-dealkylation sites (tertiary alicyclic amines) is 1. The Labute approximate surface area is 195 Å². The largest absolute Gasteiger partial charge is 0.350 e. The zero-order valence-electron chi connectivity index (χ0n) is 19.6. The molecule has 1 aliphatic heterocycles. The first-order chi connectivity index (χ1) is 15.7. The molecule has 33 heavy (non-hydrogen) atoms. The van der Waals surface area contributed by atoms with Crippen molar-refractivity contribution in [3.63, 3.8) is 0 Å². The van der Waals surface area contributed by atoms with Crippen LogP contribution in [-0.4, -0.2) is 47.4 Å². The van der Waals surface area contributed by atoms with E-state index in [1.54, 1.807) is 29.2 Å². The lowest BCUT2D eigenvalue weighted by molar-refractivity contribution is -0.124. The molecule has 2 aromatic carbocycles. The summed E-state index contributed by atoms with van der Waals surface area (Å²) in [5.41, 5.74) is 1.20. The minimum absolute atomic E-state index is 0.0628. The van der Waals surface area contributed by atoms with Gasteiger partial charge in [-0.15, -0.1) is 0 Å². The second-order valence-corrected chi connectivity index (χ2v) is 9.53. The van der Waals surface area contributed by atoms with Gasteiger partial charge in [0.15, 0.2) is 0 Å². The second kappa shape index (κ2) is 11.0. The third-order valence-corrected chi connectivity index (χ3v) is 5.69. The van der Waals surface area contributed by atoms with Gasteiger partial charge in [0.1, 0.15) is 6.04 Å². The third-order valence-electron chi connectivity index (χ3n) is 5.69. The number of rotatable bonds is 6. The van der Waals surface area contributed by atoms with E-state index in [-0.39, 0.29) is 29.3 Å². The van der Waals surface area contributed by atoms with Gasteiger partial charge in [-0.1, -0.05) is 48.5 Å². The van der Waals surface area contributed by atoms with Crippen LogP contribution in [0.15, 0.2) is 60.7 Å². The minimum atomic E-state index is -0.672. The van der Waals surface area contributed by atoms with Crippen LogP contribution in [0.25, 0.3) is 0 Å². The summed E-state index contributed by atoms with van der Waals surface area (Å²) in [6, 6.07) is 17.8. The van der Waals surface area contributed by atoms with Crippen LogP contribution in [0.2, 0.25) is 0 Å². The van der Waals surface area contributed by atoms with E-state index in [4.69, 9.17) is 0 Å². The smallest absolute Gasteiger partial charge is 0.317 e. The number of urea groups is 1. The molecule has 1 fully saturated rings. The summed E-state index contributed by atoms with van der Waals surface area (Å²) in [5.74, 6) is -0.545. The number of nitrogens with one attached hydrogen (secondary N) is 3. The van der Waals surface area contributed by atoms with Crippen molar-refractivity contribution in [1.29, 1.82) is 0 Å². The van der Waals surface area contributed by atoms with E-state index in [9.17, 15) is 14.4 Å². The van der Waals surface area contributed by atoms with Crippen LogP contribution in [0.3, 0.4) is 0 Å². The molecule has 0 radical (unpaired) electrons. The Morgan fingerprint density at radius 1 is 0.939 bits per heavy atom. The van der Waals surface area contributed by atoms with E-state index < -0.39 is 6.04 Å². The molecule has 1 atom stereocenters. The Kier molecular flexibility index (Phi) is 8.09. The fourth-order valence-corrected chi connectivity index (χ4v) is 3.94. The van der Waals surface area contributed by atoms with Gasteiger partial charge in [0.2, 0.25) is 5.91 Å². The molecule has 7 nitrogen and oxygen atoms in total. The van der Waals surface area contributed by atoms with Gasteiger partial charge >= 0.3 is 6.03 Å². The molecule has 7 heteroatoms. The number of benzene rings is 2. The van der Waals surface area contributed by atoms with Crippen LogP contribution >= 0.6 is 0 Å². The molecule has 0 saturated carbocycles. The zero-order chi connectivity index (χ0) is 23.8. The fraction of sp³-hybridized carbons (Fsp3) is 0.423. The first-order valence-electron chi connectivity index (χ1n) is 11.5. The summed E-state index contributed by atoms with van der Waals surface area (Å²) >= 11 is 0. The first kappa shape index (κ1) is 24.3. The predicted molar refractivity (Wildman–Crippen MR) is 129 cm³/mol. The lowest BCUT2D eigenvalue weighted by atomic mass is 9.88. The molecular weight excluding hydrogens is 416 g/mol. The van der Waals surface area contributed by atoms with Crippen LogP contribution in [0.5, 0.6) is 0 Å². The standard InChI is InChI=1S/C26H34N4O3/c1-26(2,3)29-25(33)30-16-14-20(15-17-30)22(28-23(31)21-12-8-5-9-13-21)24(32)27-18-19-10-6-4-7-11-19/h4-13,20,22H,14-18H2,1-3H3,(H,27,32)(H,28,31)(H,29,33). The van der Waals surface area contributed by atoms with Gasteiger partial charge < -0.3 is 20.9 Å². The van der Waals surface area contributed by atoms with Crippen LogP contribution in [0, 0.1) is 5.92 Å². The minimum Gasteiger partial charge on any atom is -0.350 e. The van der Waals surface area contributed by atoms with E-state index >= 15 is 0 Å². The van der Waals surface area contributed by atoms with Gasteiger partial charge in [0, 0.05) is 30.7 Å². The molecule has 1 unspecified atom stereocenters. The summed E-state index contributed by atoms with van der Waals surface area (Å²) in [7, 11) is 0. The molecule has 0 aromatic heterocycles. The van der Waals surface area contributed by atoms with Gasteiger partial charge in [-0.25, -0.2) is 4.79 Å². The molecule has 0 aliphatic carbocycles. The second-order valence-electron chi connectivity index (χ2n) is 9.53. The Balaban J connectivity index is 1.67. The van der Waals surface area contributed by atoms with Crippen molar-refractivity contribution in [3.05, 3.63) is 71.8 Å². The molecular formula is C26H34N4O3. The normalized spacial score (nSPS) is 15.4. The molecule has 2 aromatic rings. The maximum atomic E-state index is 13.2. The van der Waals surface area contributed by atoms with Crippen molar-refractivity contribution in [1.82, 2.24) is 20.9 Å². The van der Waals surface area contributed by atoms with Crippen LogP contribution in [0.4, 0.5) is 4.79 Å². The summed E-state index contributed by atoms with van der Waals surface area (Å²) in [6.07, 6.45) is 1.27. The fourth-order valence-electron chi connectivity index (χ4n) is 3.94. The summed E-state index contributed by atoms with van der Waals surface area (Å²) in [5, 5.41) is 8.91. The lowest BCUT2D eigenvalue weighted by Gasteiger charge is -2.37. The van der Waals surface area contributed by atoms with Crippen molar-refractivity contribution in [2.24, 2.45) is 5.92 Å². The van der Waals surface area contributed by atoms with E-state index in [1.165, 1.54) is 0 Å². The van der Waals surface area contributed by atoms with Gasteiger partial charge in [-0.2, -0.15) is 0 Å². The van der Waals surface area contributed by atoms with E-state index in [0.29, 0.717) is 38.0 Å². The molecule has 3 rings (SSSR count). The van der Waals surface area contributed by atoms with Crippen molar-refractivity contribution in [2.75, 3.05) is 13.1 Å². The van der Waals surface area contributed by atoms with Crippen LogP contribution in [-0.2, 0) is 11.3 Å². The quantitative estimate of drug-likeness (QED) is 0.631. The topological polar surface area (TPSA) is 90.5 Å². The highest BCUT2D eigenvalue weighted by Crippen LogP contribution is 2.22. The van der Waals surface area contributed by atoms with Gasteiger partial charge in [-0.05, 0) is 57.2 Å². The highest BCUT2D eigenvalue weighted by atomic mass is 16.2. The lowest BCUT2D eigenvalue weighted by Crippen LogP contribution is -2.55. The molecule has 176 valence electrons. The molecule has 1 aliphatic rings. The molecule has 4 amide bonds. The molecule has 0 bridgehead atoms. The Bertz CT molecular complexity index is 933. The average molecular weight is 451 g/mol. The highest BCUT2D eigenvalue weighted by molar-refractivity contribution is 5.97. The average Bonchev–Trinajstić information content (AvgIpc) is 2.81.